The number of likely N-dealkylation sites (N-methyl/N-ethyl adjacent to an activating group) is 1. The van der Waals surface area contributed by atoms with Gasteiger partial charge in [-0.25, -0.2) is 4.98 Å². The van der Waals surface area contributed by atoms with Crippen LogP contribution in [0.25, 0.3) is 0 Å². The Morgan fingerprint density at radius 2 is 2.38 bits per heavy atom. The molecule has 0 radical (unpaired) electrons. The number of nitrogens with zero attached hydrogens (tertiary/aromatic N) is 2. The molecule has 1 aromatic heterocycles. The Bertz CT molecular complexity index is 265. The number of nitrogens with two attached hydrogens (primary N) is 1. The zero-order chi connectivity index (χ0) is 9.68. The highest BCUT2D eigenvalue weighted by atomic mass is 16.5. The van der Waals surface area contributed by atoms with Crippen molar-refractivity contribution in [2.24, 2.45) is 0 Å². The molecule has 0 saturated carbocycles. The third kappa shape index (κ3) is 2.91. The van der Waals surface area contributed by atoms with Gasteiger partial charge in [0.2, 0.25) is 0 Å². The number of hydrogen-bond acceptors (Lipinski definition) is 4. The summed E-state index contributed by atoms with van der Waals surface area (Å²) in [6, 6.07) is 3.61. The second kappa shape index (κ2) is 4.67. The average Bonchev–Trinajstić information content (AvgIpc) is 2.14. The topological polar surface area (TPSA) is 51.4 Å². The Morgan fingerprint density at radius 3 is 3.00 bits per heavy atom. The van der Waals surface area contributed by atoms with E-state index in [0.717, 1.165) is 18.1 Å². The first-order valence-electron chi connectivity index (χ1n) is 4.15. The molecule has 1 heterocycles. The molecule has 4 heteroatoms. The molecule has 13 heavy (non-hydrogen) atoms. The molecule has 72 valence electrons. The van der Waals surface area contributed by atoms with Gasteiger partial charge in [0.15, 0.2) is 0 Å². The summed E-state index contributed by atoms with van der Waals surface area (Å²) in [4.78, 5) is 6.18. The van der Waals surface area contributed by atoms with E-state index in [0.29, 0.717) is 6.61 Å². The number of methoxy groups -OCH3 is 1. The molecule has 0 unspecified atom stereocenters. The largest absolute Gasteiger partial charge is 0.399 e. The zero-order valence-corrected chi connectivity index (χ0v) is 8.03. The van der Waals surface area contributed by atoms with Crippen LogP contribution < -0.4 is 10.6 Å². The molecule has 0 aromatic carbocycles. The number of anilines is 2. The number of rotatable bonds is 4. The van der Waals surface area contributed by atoms with Crippen LogP contribution in [-0.2, 0) is 4.74 Å². The highest BCUT2D eigenvalue weighted by molar-refractivity contribution is 5.49. The Morgan fingerprint density at radius 1 is 1.62 bits per heavy atom. The fourth-order valence-corrected chi connectivity index (χ4v) is 0.986. The van der Waals surface area contributed by atoms with Crippen LogP contribution in [0.5, 0.6) is 0 Å². The van der Waals surface area contributed by atoms with Crippen LogP contribution in [0.2, 0.25) is 0 Å². The minimum Gasteiger partial charge on any atom is -0.399 e. The fraction of sp³-hybridized carbons (Fsp3) is 0.444. The number of nitrogen functional groups attached to an aromatic ring is 1. The second-order valence-electron chi connectivity index (χ2n) is 2.86. The molecule has 0 atom stereocenters. The first-order chi connectivity index (χ1) is 6.24. The van der Waals surface area contributed by atoms with Crippen LogP contribution >= 0.6 is 0 Å². The molecular weight excluding hydrogens is 166 g/mol. The summed E-state index contributed by atoms with van der Waals surface area (Å²) in [6.45, 7) is 1.50. The minimum absolute atomic E-state index is 0.687. The molecule has 0 bridgehead atoms. The molecule has 0 spiro atoms. The maximum Gasteiger partial charge on any atom is 0.130 e. The first kappa shape index (κ1) is 9.80. The second-order valence-corrected chi connectivity index (χ2v) is 2.86. The highest BCUT2D eigenvalue weighted by Crippen LogP contribution is 2.11. The van der Waals surface area contributed by atoms with Crippen molar-refractivity contribution in [2.45, 2.75) is 0 Å². The highest BCUT2D eigenvalue weighted by Gasteiger charge is 2.00. The average molecular weight is 181 g/mol. The van der Waals surface area contributed by atoms with Crippen molar-refractivity contribution in [3.05, 3.63) is 18.3 Å². The lowest BCUT2D eigenvalue weighted by Gasteiger charge is -2.17. The molecule has 4 nitrogen and oxygen atoms in total. The van der Waals surface area contributed by atoms with Crippen LogP contribution in [0.1, 0.15) is 0 Å². The van der Waals surface area contributed by atoms with Gasteiger partial charge in [0.05, 0.1) is 6.61 Å². The molecule has 0 fully saturated rings. The van der Waals surface area contributed by atoms with E-state index < -0.39 is 0 Å². The quantitative estimate of drug-likeness (QED) is 0.744. The Kier molecular flexibility index (Phi) is 3.52. The molecule has 1 rings (SSSR count). The van der Waals surface area contributed by atoms with Crippen molar-refractivity contribution in [3.63, 3.8) is 0 Å². The molecular formula is C9H15N3O. The van der Waals surface area contributed by atoms with Crippen molar-refractivity contribution in [1.82, 2.24) is 4.98 Å². The number of hydrogen-bond donors (Lipinski definition) is 1. The minimum atomic E-state index is 0.687. The third-order valence-electron chi connectivity index (χ3n) is 1.79. The van der Waals surface area contributed by atoms with E-state index in [1.807, 2.05) is 18.0 Å². The van der Waals surface area contributed by atoms with E-state index in [4.69, 9.17) is 10.5 Å². The molecule has 0 saturated heterocycles. The molecule has 0 amide bonds. The van der Waals surface area contributed by atoms with Crippen LogP contribution in [0.4, 0.5) is 11.5 Å². The van der Waals surface area contributed by atoms with E-state index in [1.54, 1.807) is 19.4 Å². The van der Waals surface area contributed by atoms with E-state index in [-0.39, 0.29) is 0 Å². The predicted octanol–water partition coefficient (Wildman–Crippen LogP) is 0.746. The van der Waals surface area contributed by atoms with E-state index >= 15 is 0 Å². The normalized spacial score (nSPS) is 10.0. The van der Waals surface area contributed by atoms with E-state index in [9.17, 15) is 0 Å². The maximum absolute atomic E-state index is 5.63. The summed E-state index contributed by atoms with van der Waals surface area (Å²) < 4.78 is 4.96. The van der Waals surface area contributed by atoms with Gasteiger partial charge in [-0.1, -0.05) is 0 Å². The molecule has 1 aromatic rings. The van der Waals surface area contributed by atoms with Crippen molar-refractivity contribution in [1.29, 1.82) is 0 Å². The van der Waals surface area contributed by atoms with Gasteiger partial charge in [0.1, 0.15) is 5.82 Å². The maximum atomic E-state index is 5.63. The lowest BCUT2D eigenvalue weighted by molar-refractivity contribution is 0.206. The standard InChI is InChI=1S/C9H15N3O/c1-12(5-6-13-2)9-7-8(10)3-4-11-9/h3-4,7H,5-6H2,1-2H3,(H2,10,11). The van der Waals surface area contributed by atoms with Crippen LogP contribution in [0.3, 0.4) is 0 Å². The molecule has 2 N–H and O–H groups in total. The van der Waals surface area contributed by atoms with E-state index in [1.165, 1.54) is 0 Å². The van der Waals surface area contributed by atoms with Gasteiger partial charge in [-0.05, 0) is 6.07 Å². The van der Waals surface area contributed by atoms with Crippen molar-refractivity contribution in [3.8, 4) is 0 Å². The predicted molar refractivity (Wildman–Crippen MR) is 53.8 cm³/mol. The lowest BCUT2D eigenvalue weighted by Crippen LogP contribution is -2.22. The lowest BCUT2D eigenvalue weighted by atomic mass is 10.4. The Balaban J connectivity index is 2.60. The van der Waals surface area contributed by atoms with E-state index in [2.05, 4.69) is 4.98 Å². The van der Waals surface area contributed by atoms with Crippen molar-refractivity contribution in [2.75, 3.05) is 37.9 Å². The molecule has 0 aliphatic rings. The summed E-state index contributed by atoms with van der Waals surface area (Å²) in [5.74, 6) is 0.872. The summed E-state index contributed by atoms with van der Waals surface area (Å²) >= 11 is 0. The monoisotopic (exact) mass is 181 g/mol. The SMILES string of the molecule is COCCN(C)c1cc(N)ccn1. The third-order valence-corrected chi connectivity index (χ3v) is 1.79. The number of pyridine rings is 1. The summed E-state index contributed by atoms with van der Waals surface area (Å²) in [7, 11) is 3.64. The number of ether oxygens (including phenoxy) is 1. The van der Waals surface area contributed by atoms with Crippen molar-refractivity contribution >= 4 is 11.5 Å². The van der Waals surface area contributed by atoms with Gasteiger partial charge in [-0.3, -0.25) is 0 Å². The van der Waals surface area contributed by atoms with Gasteiger partial charge in [-0.2, -0.15) is 0 Å². The summed E-state index contributed by atoms with van der Waals surface area (Å²) in [5.41, 5.74) is 6.36. The van der Waals surface area contributed by atoms with Crippen LogP contribution in [0.15, 0.2) is 18.3 Å². The van der Waals surface area contributed by atoms with Crippen molar-refractivity contribution < 1.29 is 4.74 Å². The first-order valence-corrected chi connectivity index (χ1v) is 4.15. The van der Waals surface area contributed by atoms with Gasteiger partial charge in [0, 0.05) is 38.7 Å². The number of aromatic nitrogens is 1. The van der Waals surface area contributed by atoms with Crippen LogP contribution in [-0.4, -0.2) is 32.3 Å². The Labute approximate surface area is 78.3 Å². The van der Waals surface area contributed by atoms with Gasteiger partial charge < -0.3 is 15.4 Å². The molecule has 0 aliphatic heterocycles. The molecule has 0 aliphatic carbocycles. The van der Waals surface area contributed by atoms with Gasteiger partial charge in [0.25, 0.3) is 0 Å². The summed E-state index contributed by atoms with van der Waals surface area (Å²) in [5, 5.41) is 0. The van der Waals surface area contributed by atoms with Crippen LogP contribution in [0, 0.1) is 0 Å². The fourth-order valence-electron chi connectivity index (χ4n) is 0.986. The summed E-state index contributed by atoms with van der Waals surface area (Å²) in [6.07, 6.45) is 1.70. The van der Waals surface area contributed by atoms with Gasteiger partial charge >= 0.3 is 0 Å². The Hall–Kier alpha value is -1.29. The smallest absolute Gasteiger partial charge is 0.130 e. The zero-order valence-electron chi connectivity index (χ0n) is 8.03. The van der Waals surface area contributed by atoms with Gasteiger partial charge in [-0.15, -0.1) is 0 Å².